The third-order valence-corrected chi connectivity index (χ3v) is 5.57. The van der Waals surface area contributed by atoms with E-state index in [0.717, 1.165) is 27.8 Å². The highest BCUT2D eigenvalue weighted by Gasteiger charge is 2.35. The highest BCUT2D eigenvalue weighted by atomic mass is 35.5. The first-order chi connectivity index (χ1) is 10.6. The predicted molar refractivity (Wildman–Crippen MR) is 92.0 cm³/mol. The molecular formula is C16H12ClNO2S2. The van der Waals surface area contributed by atoms with Crippen molar-refractivity contribution >= 4 is 51.9 Å². The highest BCUT2D eigenvalue weighted by molar-refractivity contribution is 8.18. The predicted octanol–water partition coefficient (Wildman–Crippen LogP) is 4.95. The van der Waals surface area contributed by atoms with E-state index in [0.29, 0.717) is 9.93 Å². The molecule has 1 aromatic carbocycles. The van der Waals surface area contributed by atoms with Crippen molar-refractivity contribution in [2.45, 2.75) is 13.5 Å². The van der Waals surface area contributed by atoms with Crippen molar-refractivity contribution in [3.8, 4) is 0 Å². The van der Waals surface area contributed by atoms with E-state index in [1.807, 2.05) is 36.6 Å². The van der Waals surface area contributed by atoms with Crippen molar-refractivity contribution in [1.29, 1.82) is 0 Å². The van der Waals surface area contributed by atoms with Gasteiger partial charge in [-0.15, -0.1) is 11.3 Å². The highest BCUT2D eigenvalue weighted by Crippen LogP contribution is 2.35. The van der Waals surface area contributed by atoms with Gasteiger partial charge in [0.15, 0.2) is 0 Å². The zero-order valence-corrected chi connectivity index (χ0v) is 14.1. The molecule has 0 spiro atoms. The Morgan fingerprint density at radius 1 is 1.23 bits per heavy atom. The first-order valence-corrected chi connectivity index (χ1v) is 8.66. The quantitative estimate of drug-likeness (QED) is 0.736. The summed E-state index contributed by atoms with van der Waals surface area (Å²) in [5, 5.41) is 2.26. The van der Waals surface area contributed by atoms with Gasteiger partial charge in [-0.05, 0) is 53.4 Å². The fourth-order valence-corrected chi connectivity index (χ4v) is 4.03. The maximum Gasteiger partial charge on any atom is 0.293 e. The number of thioether (sulfide) groups is 1. The number of rotatable bonds is 3. The Kier molecular flexibility index (Phi) is 4.38. The number of carbonyl (C=O) groups is 2. The average molecular weight is 350 g/mol. The Morgan fingerprint density at radius 2 is 2.00 bits per heavy atom. The molecule has 0 atom stereocenters. The minimum atomic E-state index is -0.261. The van der Waals surface area contributed by atoms with Crippen LogP contribution >= 0.6 is 34.7 Å². The third kappa shape index (κ3) is 2.97. The van der Waals surface area contributed by atoms with Crippen molar-refractivity contribution < 1.29 is 9.59 Å². The summed E-state index contributed by atoms with van der Waals surface area (Å²) in [7, 11) is 0. The van der Waals surface area contributed by atoms with Gasteiger partial charge in [-0.25, -0.2) is 0 Å². The zero-order chi connectivity index (χ0) is 15.7. The first kappa shape index (κ1) is 15.3. The summed E-state index contributed by atoms with van der Waals surface area (Å²) in [6.07, 6.45) is 1.79. The topological polar surface area (TPSA) is 37.4 Å². The second-order valence-electron chi connectivity index (χ2n) is 4.83. The fraction of sp³-hybridized carbons (Fsp3) is 0.125. The standard InChI is InChI=1S/C16H12ClNO2S2/c1-10-6-7-21-13(10)8-14-15(19)18(16(20)22-14)9-11-4-2-3-5-12(11)17/h2-8H,9H2,1H3/b14-8-. The van der Waals surface area contributed by atoms with Crippen LogP contribution in [0.2, 0.25) is 5.02 Å². The molecule has 2 aromatic rings. The van der Waals surface area contributed by atoms with Crippen LogP contribution in [0.4, 0.5) is 4.79 Å². The largest absolute Gasteiger partial charge is 0.293 e. The molecule has 112 valence electrons. The lowest BCUT2D eigenvalue weighted by molar-refractivity contribution is -0.123. The van der Waals surface area contributed by atoms with Gasteiger partial charge in [-0.2, -0.15) is 0 Å². The maximum atomic E-state index is 12.4. The molecule has 1 aliphatic rings. The van der Waals surface area contributed by atoms with E-state index in [1.54, 1.807) is 23.5 Å². The van der Waals surface area contributed by atoms with Gasteiger partial charge in [0, 0.05) is 9.90 Å². The van der Waals surface area contributed by atoms with Crippen molar-refractivity contribution in [1.82, 2.24) is 4.90 Å². The van der Waals surface area contributed by atoms with Gasteiger partial charge in [0.2, 0.25) is 0 Å². The summed E-state index contributed by atoms with van der Waals surface area (Å²) in [5.41, 5.74) is 1.86. The molecule has 22 heavy (non-hydrogen) atoms. The second-order valence-corrected chi connectivity index (χ2v) is 7.18. The Bertz CT molecular complexity index is 782. The SMILES string of the molecule is Cc1ccsc1/C=C1\SC(=O)N(Cc2ccccc2Cl)C1=O. The van der Waals surface area contributed by atoms with Crippen molar-refractivity contribution in [2.24, 2.45) is 0 Å². The number of halogens is 1. The van der Waals surface area contributed by atoms with Crippen LogP contribution in [0.25, 0.3) is 6.08 Å². The molecule has 0 radical (unpaired) electrons. The molecule has 0 unspecified atom stereocenters. The van der Waals surface area contributed by atoms with E-state index in [4.69, 9.17) is 11.6 Å². The maximum absolute atomic E-state index is 12.4. The monoisotopic (exact) mass is 349 g/mol. The van der Waals surface area contributed by atoms with Crippen molar-refractivity contribution in [3.05, 3.63) is 61.6 Å². The number of hydrogen-bond acceptors (Lipinski definition) is 4. The number of hydrogen-bond donors (Lipinski definition) is 0. The van der Waals surface area contributed by atoms with Gasteiger partial charge in [0.1, 0.15) is 0 Å². The van der Waals surface area contributed by atoms with Crippen molar-refractivity contribution in [3.63, 3.8) is 0 Å². The van der Waals surface area contributed by atoms with E-state index in [1.165, 1.54) is 4.90 Å². The van der Waals surface area contributed by atoms with Gasteiger partial charge in [-0.1, -0.05) is 29.8 Å². The van der Waals surface area contributed by atoms with Crippen LogP contribution in [0.15, 0.2) is 40.6 Å². The van der Waals surface area contributed by atoms with E-state index in [-0.39, 0.29) is 17.7 Å². The van der Waals surface area contributed by atoms with Gasteiger partial charge < -0.3 is 0 Å². The lowest BCUT2D eigenvalue weighted by Gasteiger charge is -2.13. The number of carbonyl (C=O) groups excluding carboxylic acids is 2. The number of nitrogens with zero attached hydrogens (tertiary/aromatic N) is 1. The Balaban J connectivity index is 1.85. The molecule has 1 fully saturated rings. The summed E-state index contributed by atoms with van der Waals surface area (Å²) < 4.78 is 0. The number of amides is 2. The molecule has 2 heterocycles. The lowest BCUT2D eigenvalue weighted by Crippen LogP contribution is -2.27. The zero-order valence-electron chi connectivity index (χ0n) is 11.7. The molecule has 3 rings (SSSR count). The Labute approximate surface area is 141 Å². The van der Waals surface area contributed by atoms with Crippen LogP contribution in [0.5, 0.6) is 0 Å². The van der Waals surface area contributed by atoms with Gasteiger partial charge in [-0.3, -0.25) is 14.5 Å². The lowest BCUT2D eigenvalue weighted by atomic mass is 10.2. The van der Waals surface area contributed by atoms with Crippen LogP contribution in [-0.4, -0.2) is 16.0 Å². The third-order valence-electron chi connectivity index (χ3n) is 3.32. The smallest absolute Gasteiger partial charge is 0.268 e. The summed E-state index contributed by atoms with van der Waals surface area (Å²) in [6, 6.07) is 9.22. The summed E-state index contributed by atoms with van der Waals surface area (Å²) >= 11 is 8.63. The fourth-order valence-electron chi connectivity index (χ4n) is 2.08. The number of aryl methyl sites for hydroxylation is 1. The van der Waals surface area contributed by atoms with Gasteiger partial charge >= 0.3 is 0 Å². The summed E-state index contributed by atoms with van der Waals surface area (Å²) in [4.78, 5) is 27.3. The number of benzene rings is 1. The molecule has 1 saturated heterocycles. The molecule has 0 N–H and O–H groups in total. The number of thiophene rings is 1. The molecule has 0 saturated carbocycles. The molecular weight excluding hydrogens is 338 g/mol. The summed E-state index contributed by atoms with van der Waals surface area (Å²) in [5.74, 6) is -0.261. The Morgan fingerprint density at radius 3 is 2.68 bits per heavy atom. The van der Waals surface area contributed by atoms with Crippen molar-refractivity contribution in [2.75, 3.05) is 0 Å². The molecule has 3 nitrogen and oxygen atoms in total. The van der Waals surface area contributed by atoms with E-state index in [9.17, 15) is 9.59 Å². The summed E-state index contributed by atoms with van der Waals surface area (Å²) in [6.45, 7) is 2.18. The average Bonchev–Trinajstić information content (AvgIpc) is 3.00. The molecule has 6 heteroatoms. The van der Waals surface area contributed by atoms with Gasteiger partial charge in [0.05, 0.1) is 11.4 Å². The van der Waals surface area contributed by atoms with Crippen LogP contribution in [0, 0.1) is 6.92 Å². The van der Waals surface area contributed by atoms with E-state index < -0.39 is 0 Å². The number of imide groups is 1. The minimum absolute atomic E-state index is 0.200. The van der Waals surface area contributed by atoms with E-state index in [2.05, 4.69) is 0 Å². The molecule has 1 aromatic heterocycles. The molecule has 0 aliphatic carbocycles. The first-order valence-electron chi connectivity index (χ1n) is 6.59. The van der Waals surface area contributed by atoms with Crippen LogP contribution in [-0.2, 0) is 11.3 Å². The molecule has 1 aliphatic heterocycles. The molecule has 0 bridgehead atoms. The van der Waals surface area contributed by atoms with Crippen LogP contribution < -0.4 is 0 Å². The minimum Gasteiger partial charge on any atom is -0.268 e. The van der Waals surface area contributed by atoms with E-state index >= 15 is 0 Å². The van der Waals surface area contributed by atoms with Crippen LogP contribution in [0.1, 0.15) is 16.0 Å². The second kappa shape index (κ2) is 6.28. The molecule has 2 amide bonds. The van der Waals surface area contributed by atoms with Gasteiger partial charge in [0.25, 0.3) is 11.1 Å². The normalized spacial score (nSPS) is 16.8. The Hall–Kier alpha value is -1.56. The van der Waals surface area contributed by atoms with Crippen LogP contribution in [0.3, 0.4) is 0 Å².